The van der Waals surface area contributed by atoms with Gasteiger partial charge in [-0.3, -0.25) is 9.36 Å². The minimum atomic E-state index is -1.03. The van der Waals surface area contributed by atoms with Crippen LogP contribution in [-0.2, 0) is 6.80 Å². The molecule has 174 valence electrons. The Morgan fingerprint density at radius 1 is 1.27 bits per heavy atom. The Morgan fingerprint density at radius 2 is 2.09 bits per heavy atom. The van der Waals surface area contributed by atoms with Gasteiger partial charge in [-0.15, -0.1) is 10.2 Å². The van der Waals surface area contributed by atoms with Crippen LogP contribution < -0.4 is 15.8 Å². The molecule has 5 rings (SSSR count). The molecule has 4 heterocycles. The maximum Gasteiger partial charge on any atom is 0.253 e. The van der Waals surface area contributed by atoms with Gasteiger partial charge in [-0.05, 0) is 43.0 Å². The number of aromatic hydroxyl groups is 1. The Labute approximate surface area is 191 Å². The summed E-state index contributed by atoms with van der Waals surface area (Å²) in [6.07, 6.45) is 2.64. The molecule has 0 amide bonds. The van der Waals surface area contributed by atoms with Crippen LogP contribution in [0.25, 0.3) is 21.7 Å². The van der Waals surface area contributed by atoms with Crippen molar-refractivity contribution in [2.45, 2.75) is 50.4 Å². The largest absolute Gasteiger partial charge is 0.507 e. The van der Waals surface area contributed by atoms with Crippen molar-refractivity contribution in [2.24, 2.45) is 0 Å². The first kappa shape index (κ1) is 21.9. The van der Waals surface area contributed by atoms with E-state index in [0.717, 1.165) is 40.9 Å². The molecule has 2 bridgehead atoms. The number of hydrogen-bond acceptors (Lipinski definition) is 7. The molecule has 11 heteroatoms. The molecule has 2 aromatic heterocycles. The van der Waals surface area contributed by atoms with Gasteiger partial charge in [-0.1, -0.05) is 11.3 Å². The normalized spacial score (nSPS) is 24.2. The number of hydrogen-bond donors (Lipinski definition) is 2. The van der Waals surface area contributed by atoms with Crippen LogP contribution in [0.4, 0.5) is 18.3 Å². The third kappa shape index (κ3) is 3.89. The van der Waals surface area contributed by atoms with Crippen LogP contribution in [0.3, 0.4) is 0 Å². The van der Waals surface area contributed by atoms with Crippen LogP contribution in [0.5, 0.6) is 5.75 Å². The highest BCUT2D eigenvalue weighted by Crippen LogP contribution is 2.40. The number of halogens is 3. The minimum absolute atomic E-state index is 0.00617. The van der Waals surface area contributed by atoms with Gasteiger partial charge in [0.2, 0.25) is 5.13 Å². The smallest absolute Gasteiger partial charge is 0.253 e. The number of phenolic OH excluding ortho intramolecular Hbond substituents is 1. The van der Waals surface area contributed by atoms with Crippen LogP contribution in [0.1, 0.15) is 19.3 Å². The van der Waals surface area contributed by atoms with E-state index in [1.165, 1.54) is 18.3 Å². The summed E-state index contributed by atoms with van der Waals surface area (Å²) in [7, 11) is 1.77. The van der Waals surface area contributed by atoms with Gasteiger partial charge >= 0.3 is 0 Å². The summed E-state index contributed by atoms with van der Waals surface area (Å²) in [4.78, 5) is 13.7. The average Bonchev–Trinajstić information content (AvgIpc) is 3.45. The summed E-state index contributed by atoms with van der Waals surface area (Å²) in [6, 6.07) is 4.64. The topological polar surface area (TPSA) is 83.3 Å². The van der Waals surface area contributed by atoms with Gasteiger partial charge in [0.25, 0.3) is 5.56 Å². The Hall–Kier alpha value is -2.92. The zero-order valence-electron chi connectivity index (χ0n) is 17.7. The first-order valence-electron chi connectivity index (χ1n) is 10.6. The Morgan fingerprint density at radius 3 is 2.85 bits per heavy atom. The number of pyridine rings is 1. The van der Waals surface area contributed by atoms with Crippen LogP contribution in [0, 0.1) is 5.82 Å². The number of aromatic nitrogens is 3. The standard InChI is InChI=1S/C22H22F3N5O2S/c1-29(17-7-12-2-3-16(26-12)20(17)25)22-28-27-21(33-22)14-8-15(24)13(9-18(14)31)11-4-5-30(10-23)19(32)6-11/h4-6,8-9,12,16-17,20,26,31H,2-3,7,10H2,1H3. The highest BCUT2D eigenvalue weighted by atomic mass is 32.1. The molecule has 4 unspecified atom stereocenters. The lowest BCUT2D eigenvalue weighted by molar-refractivity contribution is 0.176. The number of fused-ring (bicyclic) bond motifs is 2. The lowest BCUT2D eigenvalue weighted by Gasteiger charge is -2.38. The number of piperidine rings is 1. The summed E-state index contributed by atoms with van der Waals surface area (Å²) < 4.78 is 43.4. The van der Waals surface area contributed by atoms with Gasteiger partial charge in [0, 0.05) is 37.0 Å². The highest BCUT2D eigenvalue weighted by Gasteiger charge is 2.44. The van der Waals surface area contributed by atoms with Gasteiger partial charge in [0.15, 0.2) is 11.8 Å². The van der Waals surface area contributed by atoms with Crippen LogP contribution in [0.2, 0.25) is 0 Å². The Bertz CT molecular complexity index is 1250. The molecule has 7 nitrogen and oxygen atoms in total. The number of phenols is 1. The van der Waals surface area contributed by atoms with E-state index in [-0.39, 0.29) is 34.5 Å². The molecular formula is C22H22F3N5O2S. The van der Waals surface area contributed by atoms with Gasteiger partial charge < -0.3 is 15.3 Å². The summed E-state index contributed by atoms with van der Waals surface area (Å²) in [5.41, 5.74) is -0.247. The fraction of sp³-hybridized carbons (Fsp3) is 0.409. The number of alkyl halides is 2. The molecule has 4 atom stereocenters. The van der Waals surface area contributed by atoms with Crippen LogP contribution in [-0.4, -0.2) is 51.2 Å². The number of benzene rings is 1. The molecule has 0 spiro atoms. The predicted octanol–water partition coefficient (Wildman–Crippen LogP) is 3.47. The second kappa shape index (κ2) is 8.45. The molecule has 0 saturated carbocycles. The number of nitrogens with zero attached hydrogens (tertiary/aromatic N) is 4. The fourth-order valence-corrected chi connectivity index (χ4v) is 5.57. The maximum atomic E-state index is 14.9. The molecule has 3 aromatic rings. The second-order valence-corrected chi connectivity index (χ2v) is 9.44. The van der Waals surface area contributed by atoms with E-state index in [1.807, 2.05) is 0 Å². The summed E-state index contributed by atoms with van der Waals surface area (Å²) in [5, 5.41) is 22.9. The number of anilines is 1. The van der Waals surface area contributed by atoms with Crippen molar-refractivity contribution >= 4 is 16.5 Å². The minimum Gasteiger partial charge on any atom is -0.507 e. The second-order valence-electron chi connectivity index (χ2n) is 8.49. The zero-order chi connectivity index (χ0) is 23.3. The highest BCUT2D eigenvalue weighted by molar-refractivity contribution is 7.18. The van der Waals surface area contributed by atoms with Gasteiger partial charge in [-0.25, -0.2) is 13.2 Å². The molecule has 1 aromatic carbocycles. The van der Waals surface area contributed by atoms with E-state index in [1.54, 1.807) is 11.9 Å². The van der Waals surface area contributed by atoms with Crippen molar-refractivity contribution in [3.63, 3.8) is 0 Å². The zero-order valence-corrected chi connectivity index (χ0v) is 18.5. The molecule has 2 fully saturated rings. The monoisotopic (exact) mass is 477 g/mol. The number of rotatable bonds is 5. The molecule has 0 radical (unpaired) electrons. The fourth-order valence-electron chi connectivity index (χ4n) is 4.69. The summed E-state index contributed by atoms with van der Waals surface area (Å²) >= 11 is 1.14. The molecular weight excluding hydrogens is 455 g/mol. The van der Waals surface area contributed by atoms with E-state index < -0.39 is 24.3 Å². The van der Waals surface area contributed by atoms with Gasteiger partial charge in [-0.2, -0.15) is 0 Å². The molecule has 2 N–H and O–H groups in total. The molecule has 0 aliphatic carbocycles. The Balaban J connectivity index is 1.42. The van der Waals surface area contributed by atoms with Crippen LogP contribution >= 0.6 is 11.3 Å². The maximum absolute atomic E-state index is 14.9. The van der Waals surface area contributed by atoms with E-state index in [0.29, 0.717) is 22.6 Å². The van der Waals surface area contributed by atoms with E-state index in [9.17, 15) is 23.1 Å². The lowest BCUT2D eigenvalue weighted by atomic mass is 9.97. The lowest BCUT2D eigenvalue weighted by Crippen LogP contribution is -2.55. The quantitative estimate of drug-likeness (QED) is 0.586. The molecule has 2 saturated heterocycles. The van der Waals surface area contributed by atoms with Crippen molar-refractivity contribution in [3.8, 4) is 27.4 Å². The van der Waals surface area contributed by atoms with Crippen molar-refractivity contribution in [1.29, 1.82) is 0 Å². The average molecular weight is 478 g/mol. The predicted molar refractivity (Wildman–Crippen MR) is 119 cm³/mol. The van der Waals surface area contributed by atoms with Gasteiger partial charge in [0.05, 0.1) is 11.6 Å². The van der Waals surface area contributed by atoms with Gasteiger partial charge in [0.1, 0.15) is 17.7 Å². The van der Waals surface area contributed by atoms with E-state index in [2.05, 4.69) is 15.5 Å². The first-order valence-corrected chi connectivity index (χ1v) is 11.4. The molecule has 2 aliphatic heterocycles. The Kier molecular flexibility index (Phi) is 5.61. The SMILES string of the molecule is CN(c1nnc(-c2cc(F)c(-c3ccn(CF)c(=O)c3)cc2O)s1)C1CC2CCC(N2)C1F. The number of nitrogens with one attached hydrogen (secondary N) is 1. The van der Waals surface area contributed by atoms with E-state index >= 15 is 0 Å². The van der Waals surface area contributed by atoms with Crippen LogP contribution in [0.15, 0.2) is 35.3 Å². The molecule has 2 aliphatic rings. The third-order valence-corrected chi connectivity index (χ3v) is 7.57. The summed E-state index contributed by atoms with van der Waals surface area (Å²) in [5.74, 6) is -0.918. The first-order chi connectivity index (χ1) is 15.9. The van der Waals surface area contributed by atoms with Crippen molar-refractivity contribution < 1.29 is 18.3 Å². The van der Waals surface area contributed by atoms with E-state index in [4.69, 9.17) is 0 Å². The molecule has 33 heavy (non-hydrogen) atoms. The van der Waals surface area contributed by atoms with Crippen molar-refractivity contribution in [1.82, 2.24) is 20.1 Å². The summed E-state index contributed by atoms with van der Waals surface area (Å²) in [6.45, 7) is -0.985. The van der Waals surface area contributed by atoms with Crippen molar-refractivity contribution in [2.75, 3.05) is 11.9 Å². The van der Waals surface area contributed by atoms with Crippen molar-refractivity contribution in [3.05, 3.63) is 46.6 Å². The third-order valence-electron chi connectivity index (χ3n) is 6.52.